The van der Waals surface area contributed by atoms with Crippen LogP contribution in [0.2, 0.25) is 0 Å². The zero-order valence-electron chi connectivity index (χ0n) is 14.6. The molecule has 1 fully saturated rings. The number of hydrogen-bond acceptors (Lipinski definition) is 7. The van der Waals surface area contributed by atoms with E-state index in [1.165, 1.54) is 23.0 Å². The van der Waals surface area contributed by atoms with Crippen LogP contribution < -0.4 is 15.0 Å². The first kappa shape index (κ1) is 17.7. The number of carbonyl (C=O) groups excluding carboxylic acids is 1. The maximum atomic E-state index is 12.8. The highest BCUT2D eigenvalue weighted by atomic mass is 19.3. The molecule has 3 aromatic rings. The van der Waals surface area contributed by atoms with E-state index < -0.39 is 12.5 Å². The fourth-order valence-corrected chi connectivity index (χ4v) is 2.83. The summed E-state index contributed by atoms with van der Waals surface area (Å²) in [5.74, 6) is -0.577. The van der Waals surface area contributed by atoms with Crippen LogP contribution in [0.15, 0.2) is 22.7 Å². The van der Waals surface area contributed by atoms with Gasteiger partial charge in [-0.2, -0.15) is 24.1 Å². The van der Waals surface area contributed by atoms with Crippen LogP contribution in [0, 0.1) is 11.3 Å². The number of halogens is 2. The third kappa shape index (κ3) is 2.98. The van der Waals surface area contributed by atoms with Gasteiger partial charge in [0.2, 0.25) is 0 Å². The van der Waals surface area contributed by atoms with Crippen molar-refractivity contribution in [2.75, 3.05) is 23.3 Å². The molecule has 2 aromatic heterocycles. The highest BCUT2D eigenvalue weighted by Gasteiger charge is 2.26. The number of hydrogen-bond donors (Lipinski definition) is 1. The lowest BCUT2D eigenvalue weighted by molar-refractivity contribution is -0.0489. The van der Waals surface area contributed by atoms with Crippen LogP contribution in [-0.4, -0.2) is 40.4 Å². The quantitative estimate of drug-likeness (QED) is 0.715. The molecular formula is C17H14F2N6O3. The fraction of sp³-hybridized carbons (Fsp3) is 0.294. The fourth-order valence-electron chi connectivity index (χ4n) is 2.83. The molecule has 1 aliphatic rings. The van der Waals surface area contributed by atoms with Crippen LogP contribution in [0.3, 0.4) is 0 Å². The van der Waals surface area contributed by atoms with E-state index in [0.717, 1.165) is 19.5 Å². The number of nitriles is 1. The largest absolute Gasteiger partial charge is 0.432 e. The molecule has 1 saturated heterocycles. The van der Waals surface area contributed by atoms with Gasteiger partial charge in [-0.05, 0) is 18.6 Å². The second-order valence-corrected chi connectivity index (χ2v) is 6.10. The first-order chi connectivity index (χ1) is 13.5. The number of alkyl halides is 2. The summed E-state index contributed by atoms with van der Waals surface area (Å²) >= 11 is 0. The van der Waals surface area contributed by atoms with Crippen molar-refractivity contribution >= 4 is 28.8 Å². The minimum atomic E-state index is -3.04. The van der Waals surface area contributed by atoms with E-state index in [0.29, 0.717) is 0 Å². The van der Waals surface area contributed by atoms with E-state index in [-0.39, 0.29) is 39.8 Å². The maximum Gasteiger partial charge on any atom is 0.387 e. The number of oxazole rings is 1. The minimum Gasteiger partial charge on any atom is -0.432 e. The Labute approximate surface area is 157 Å². The Balaban J connectivity index is 1.75. The average Bonchev–Trinajstić information content (AvgIpc) is 3.18. The predicted molar refractivity (Wildman–Crippen MR) is 93.3 cm³/mol. The number of nitrogens with one attached hydrogen (secondary N) is 1. The molecule has 9 nitrogen and oxygen atoms in total. The summed E-state index contributed by atoms with van der Waals surface area (Å²) in [7, 11) is 1.57. The molecule has 0 unspecified atom stereocenters. The third-order valence-corrected chi connectivity index (χ3v) is 4.37. The third-order valence-electron chi connectivity index (χ3n) is 4.37. The SMILES string of the molecule is Cn1ncc(C#N)c1NC(=O)c1ccc(OC(F)F)c2nc(N3CCC3)oc12. The molecule has 3 heterocycles. The van der Waals surface area contributed by atoms with Crippen molar-refractivity contribution in [2.45, 2.75) is 13.0 Å². The Hall–Kier alpha value is -3.68. The van der Waals surface area contributed by atoms with Gasteiger partial charge in [-0.25, -0.2) is 0 Å². The first-order valence-electron chi connectivity index (χ1n) is 8.34. The molecule has 0 saturated carbocycles. The molecule has 0 atom stereocenters. The van der Waals surface area contributed by atoms with Crippen molar-refractivity contribution in [1.29, 1.82) is 5.26 Å². The molecule has 11 heteroatoms. The lowest BCUT2D eigenvalue weighted by atomic mass is 10.1. The van der Waals surface area contributed by atoms with Crippen molar-refractivity contribution in [1.82, 2.24) is 14.8 Å². The van der Waals surface area contributed by atoms with Crippen molar-refractivity contribution in [3.8, 4) is 11.8 Å². The Morgan fingerprint density at radius 2 is 2.21 bits per heavy atom. The molecule has 1 N–H and O–H groups in total. The Morgan fingerprint density at radius 3 is 2.86 bits per heavy atom. The van der Waals surface area contributed by atoms with Crippen molar-refractivity contribution in [2.24, 2.45) is 7.05 Å². The number of fused-ring (bicyclic) bond motifs is 1. The monoisotopic (exact) mass is 388 g/mol. The van der Waals surface area contributed by atoms with Crippen LogP contribution in [0.25, 0.3) is 11.1 Å². The number of ether oxygens (including phenoxy) is 1. The second kappa shape index (κ2) is 6.80. The van der Waals surface area contributed by atoms with Gasteiger partial charge in [0.05, 0.1) is 11.8 Å². The number of aryl methyl sites for hydroxylation is 1. The highest BCUT2D eigenvalue weighted by molar-refractivity contribution is 6.12. The summed E-state index contributed by atoms with van der Waals surface area (Å²) in [6.07, 6.45) is 2.28. The Kier molecular flexibility index (Phi) is 4.31. The van der Waals surface area contributed by atoms with E-state index in [1.54, 1.807) is 7.05 Å². The number of anilines is 2. The zero-order chi connectivity index (χ0) is 19.8. The molecule has 1 amide bonds. The Bertz CT molecular complexity index is 1100. The molecule has 0 aliphatic carbocycles. The summed E-state index contributed by atoms with van der Waals surface area (Å²) in [5, 5.41) is 15.6. The topological polar surface area (TPSA) is 109 Å². The van der Waals surface area contributed by atoms with Gasteiger partial charge in [-0.15, -0.1) is 0 Å². The van der Waals surface area contributed by atoms with E-state index in [1.807, 2.05) is 11.0 Å². The van der Waals surface area contributed by atoms with Crippen molar-refractivity contribution < 1.29 is 22.7 Å². The molecule has 1 aliphatic heterocycles. The average molecular weight is 388 g/mol. The molecule has 0 bridgehead atoms. The molecule has 4 rings (SSSR count). The van der Waals surface area contributed by atoms with Crippen LogP contribution >= 0.6 is 0 Å². The molecule has 0 radical (unpaired) electrons. The predicted octanol–water partition coefficient (Wildman–Crippen LogP) is 2.50. The van der Waals surface area contributed by atoms with E-state index in [9.17, 15) is 13.6 Å². The van der Waals surface area contributed by atoms with Crippen LogP contribution in [-0.2, 0) is 7.05 Å². The van der Waals surface area contributed by atoms with Gasteiger partial charge in [0, 0.05) is 20.1 Å². The smallest absolute Gasteiger partial charge is 0.387 e. The van der Waals surface area contributed by atoms with Gasteiger partial charge in [0.25, 0.3) is 11.9 Å². The Morgan fingerprint density at radius 1 is 1.43 bits per heavy atom. The molecule has 28 heavy (non-hydrogen) atoms. The molecule has 1 aromatic carbocycles. The molecule has 0 spiro atoms. The summed E-state index contributed by atoms with van der Waals surface area (Å²) in [6.45, 7) is -1.60. The summed E-state index contributed by atoms with van der Waals surface area (Å²) < 4.78 is 37.0. The maximum absolute atomic E-state index is 12.8. The normalized spacial score (nSPS) is 13.5. The zero-order valence-corrected chi connectivity index (χ0v) is 14.6. The van der Waals surface area contributed by atoms with Gasteiger partial charge in [0.1, 0.15) is 17.5 Å². The van der Waals surface area contributed by atoms with Gasteiger partial charge in [0.15, 0.2) is 16.8 Å². The number of aromatic nitrogens is 3. The number of rotatable bonds is 5. The van der Waals surface area contributed by atoms with Crippen LogP contribution in [0.1, 0.15) is 22.3 Å². The van der Waals surface area contributed by atoms with Gasteiger partial charge in [-0.3, -0.25) is 9.48 Å². The van der Waals surface area contributed by atoms with Gasteiger partial charge in [-0.1, -0.05) is 0 Å². The lowest BCUT2D eigenvalue weighted by Crippen LogP contribution is -2.37. The van der Waals surface area contributed by atoms with Gasteiger partial charge >= 0.3 is 6.61 Å². The first-order valence-corrected chi connectivity index (χ1v) is 8.34. The van der Waals surface area contributed by atoms with E-state index in [2.05, 4.69) is 20.1 Å². The molecule has 144 valence electrons. The number of amides is 1. The van der Waals surface area contributed by atoms with Crippen molar-refractivity contribution in [3.63, 3.8) is 0 Å². The summed E-state index contributed by atoms with van der Waals surface area (Å²) in [6, 6.07) is 4.71. The standard InChI is InChI=1S/C17H14F2N6O3/c1-24-14(9(7-20)8-21-24)23-15(26)10-3-4-11(27-16(18)19)12-13(10)28-17(22-12)25-5-2-6-25/h3-4,8,16H,2,5-6H2,1H3,(H,23,26). The highest BCUT2D eigenvalue weighted by Crippen LogP contribution is 2.34. The molecular weight excluding hydrogens is 374 g/mol. The number of nitrogens with zero attached hydrogens (tertiary/aromatic N) is 5. The summed E-state index contributed by atoms with van der Waals surface area (Å²) in [4.78, 5) is 18.8. The van der Waals surface area contributed by atoms with Crippen molar-refractivity contribution in [3.05, 3.63) is 29.5 Å². The van der Waals surface area contributed by atoms with Crippen LogP contribution in [0.5, 0.6) is 5.75 Å². The summed E-state index contributed by atoms with van der Waals surface area (Å²) in [5.41, 5.74) is 0.308. The van der Waals surface area contributed by atoms with Crippen LogP contribution in [0.4, 0.5) is 20.6 Å². The lowest BCUT2D eigenvalue weighted by Gasteiger charge is -2.28. The van der Waals surface area contributed by atoms with E-state index in [4.69, 9.17) is 9.68 Å². The van der Waals surface area contributed by atoms with E-state index >= 15 is 0 Å². The second-order valence-electron chi connectivity index (χ2n) is 6.10. The van der Waals surface area contributed by atoms with Gasteiger partial charge < -0.3 is 19.4 Å². The minimum absolute atomic E-state index is 0.0261. The number of carbonyl (C=O) groups is 1. The number of benzene rings is 1.